The minimum atomic E-state index is -0.223. The normalized spacial score (nSPS) is 10.9. The first-order valence-electron chi connectivity index (χ1n) is 9.48. The van der Waals surface area contributed by atoms with Crippen LogP contribution in [-0.4, -0.2) is 25.4 Å². The maximum absolute atomic E-state index is 12.9. The molecule has 0 aliphatic rings. The molecular weight excluding hydrogens is 392 g/mol. The molecule has 1 N–H and O–H groups in total. The van der Waals surface area contributed by atoms with Gasteiger partial charge in [0.2, 0.25) is 5.75 Å². The van der Waals surface area contributed by atoms with Crippen molar-refractivity contribution in [3.05, 3.63) is 46.6 Å². The van der Waals surface area contributed by atoms with Crippen LogP contribution in [-0.2, 0) is 0 Å². The molecule has 154 valence electrons. The minimum Gasteiger partial charge on any atom is -0.508 e. The molecular formula is C22H24O6S. The van der Waals surface area contributed by atoms with Gasteiger partial charge in [0.1, 0.15) is 16.7 Å². The average molecular weight is 416 g/mol. The van der Waals surface area contributed by atoms with Crippen molar-refractivity contribution >= 4 is 22.7 Å². The van der Waals surface area contributed by atoms with E-state index in [9.17, 15) is 9.90 Å². The molecule has 0 aliphatic heterocycles. The summed E-state index contributed by atoms with van der Waals surface area (Å²) in [6.45, 7) is 4.93. The van der Waals surface area contributed by atoms with Crippen molar-refractivity contribution in [1.82, 2.24) is 0 Å². The van der Waals surface area contributed by atoms with Gasteiger partial charge in [0.25, 0.3) is 0 Å². The number of fused-ring (bicyclic) bond motifs is 1. The Kier molecular flexibility index (Phi) is 6.93. The second-order valence-corrected chi connectivity index (χ2v) is 7.41. The summed E-state index contributed by atoms with van der Waals surface area (Å²) in [4.78, 5) is 13.8. The highest BCUT2D eigenvalue weighted by Gasteiger charge is 2.21. The van der Waals surface area contributed by atoms with Crippen LogP contribution in [0.2, 0.25) is 0 Å². The quantitative estimate of drug-likeness (QED) is 0.511. The van der Waals surface area contributed by atoms with Crippen LogP contribution in [0.4, 0.5) is 0 Å². The first-order chi connectivity index (χ1) is 14.1. The van der Waals surface area contributed by atoms with Crippen LogP contribution in [0.1, 0.15) is 26.7 Å². The summed E-state index contributed by atoms with van der Waals surface area (Å²) in [7, 11) is 1.52. The maximum atomic E-state index is 12.9. The third-order valence-corrected chi connectivity index (χ3v) is 4.95. The summed E-state index contributed by atoms with van der Waals surface area (Å²) in [5.41, 5.74) is 0.149. The molecule has 6 nitrogen and oxygen atoms in total. The van der Waals surface area contributed by atoms with Gasteiger partial charge in [0, 0.05) is 17.0 Å². The lowest BCUT2D eigenvalue weighted by Gasteiger charge is -2.17. The summed E-state index contributed by atoms with van der Waals surface area (Å²) in [5.74, 6) is 1.39. The van der Waals surface area contributed by atoms with Crippen LogP contribution >= 0.6 is 11.8 Å². The molecule has 29 heavy (non-hydrogen) atoms. The SMILES string of the molecule is CCCOc1cc2oc(Sc3ccc(O)cc3)cc(=O)c2c(OCCC)c1OC. The van der Waals surface area contributed by atoms with Crippen LogP contribution in [0.15, 0.2) is 55.6 Å². The Morgan fingerprint density at radius 3 is 2.34 bits per heavy atom. The van der Waals surface area contributed by atoms with E-state index in [1.54, 1.807) is 30.3 Å². The number of benzene rings is 2. The first-order valence-corrected chi connectivity index (χ1v) is 10.3. The van der Waals surface area contributed by atoms with Gasteiger partial charge < -0.3 is 23.7 Å². The fourth-order valence-electron chi connectivity index (χ4n) is 2.76. The molecule has 0 radical (unpaired) electrons. The summed E-state index contributed by atoms with van der Waals surface area (Å²) in [6.07, 6.45) is 1.61. The molecule has 0 saturated carbocycles. The third kappa shape index (κ3) is 4.79. The second kappa shape index (κ2) is 9.60. The van der Waals surface area contributed by atoms with E-state index in [2.05, 4.69) is 0 Å². The smallest absolute Gasteiger partial charge is 0.204 e. The molecule has 0 aliphatic carbocycles. The highest BCUT2D eigenvalue weighted by molar-refractivity contribution is 7.99. The van der Waals surface area contributed by atoms with Crippen LogP contribution in [0.25, 0.3) is 11.0 Å². The highest BCUT2D eigenvalue weighted by atomic mass is 32.2. The Balaban J connectivity index is 2.12. The number of phenolic OH excluding ortho intramolecular Hbond substituents is 1. The fraction of sp³-hybridized carbons (Fsp3) is 0.318. The van der Waals surface area contributed by atoms with Gasteiger partial charge in [-0.15, -0.1) is 0 Å². The van der Waals surface area contributed by atoms with E-state index >= 15 is 0 Å². The van der Waals surface area contributed by atoms with Crippen molar-refractivity contribution in [3.63, 3.8) is 0 Å². The summed E-state index contributed by atoms with van der Waals surface area (Å²) >= 11 is 1.29. The molecule has 0 bridgehead atoms. The molecule has 0 spiro atoms. The third-order valence-electron chi connectivity index (χ3n) is 4.04. The van der Waals surface area contributed by atoms with Gasteiger partial charge in [-0.05, 0) is 37.1 Å². The zero-order valence-corrected chi connectivity index (χ0v) is 17.5. The molecule has 1 aromatic heterocycles. The summed E-state index contributed by atoms with van der Waals surface area (Å²) < 4.78 is 23.2. The van der Waals surface area contributed by atoms with E-state index in [1.165, 1.54) is 24.9 Å². The summed E-state index contributed by atoms with van der Waals surface area (Å²) in [6, 6.07) is 9.78. The zero-order chi connectivity index (χ0) is 20.8. The predicted molar refractivity (Wildman–Crippen MR) is 113 cm³/mol. The molecule has 3 rings (SSSR count). The van der Waals surface area contributed by atoms with Gasteiger partial charge in [-0.2, -0.15) is 0 Å². The molecule has 0 fully saturated rings. The monoisotopic (exact) mass is 416 g/mol. The van der Waals surface area contributed by atoms with Gasteiger partial charge in [-0.3, -0.25) is 4.79 Å². The van der Waals surface area contributed by atoms with Crippen molar-refractivity contribution in [2.75, 3.05) is 20.3 Å². The number of ether oxygens (including phenoxy) is 3. The lowest BCUT2D eigenvalue weighted by Crippen LogP contribution is -2.08. The van der Waals surface area contributed by atoms with Crippen molar-refractivity contribution in [2.24, 2.45) is 0 Å². The lowest BCUT2D eigenvalue weighted by atomic mass is 10.1. The molecule has 2 aromatic carbocycles. The van der Waals surface area contributed by atoms with E-state index in [1.807, 2.05) is 13.8 Å². The van der Waals surface area contributed by atoms with Crippen molar-refractivity contribution < 1.29 is 23.7 Å². The Hall–Kier alpha value is -2.80. The van der Waals surface area contributed by atoms with Gasteiger partial charge in [-0.25, -0.2) is 0 Å². The van der Waals surface area contributed by atoms with Gasteiger partial charge >= 0.3 is 0 Å². The van der Waals surface area contributed by atoms with Gasteiger partial charge in [0.05, 0.1) is 20.3 Å². The predicted octanol–water partition coefficient (Wildman–Crippen LogP) is 5.24. The standard InChI is InChI=1S/C22H24O6S/c1-4-10-26-18-13-17-20(22(21(18)25-3)27-11-5-2)16(24)12-19(28-17)29-15-8-6-14(23)7-9-15/h6-9,12-13,23H,4-5,10-11H2,1-3H3. The summed E-state index contributed by atoms with van der Waals surface area (Å²) in [5, 5.41) is 10.2. The van der Waals surface area contributed by atoms with Crippen molar-refractivity contribution in [3.8, 4) is 23.0 Å². The van der Waals surface area contributed by atoms with E-state index in [-0.39, 0.29) is 11.2 Å². The Bertz CT molecular complexity index is 1030. The lowest BCUT2D eigenvalue weighted by molar-refractivity contribution is 0.269. The minimum absolute atomic E-state index is 0.178. The Labute approximate surface area is 173 Å². The molecule has 1 heterocycles. The van der Waals surface area contributed by atoms with Crippen LogP contribution in [0, 0.1) is 0 Å². The van der Waals surface area contributed by atoms with Crippen LogP contribution < -0.4 is 19.6 Å². The van der Waals surface area contributed by atoms with Gasteiger partial charge in [0.15, 0.2) is 22.0 Å². The molecule has 7 heteroatoms. The number of hydrogen-bond acceptors (Lipinski definition) is 7. The molecule has 0 amide bonds. The number of hydrogen-bond donors (Lipinski definition) is 1. The first kappa shape index (κ1) is 20.9. The Morgan fingerprint density at radius 1 is 1.00 bits per heavy atom. The van der Waals surface area contributed by atoms with E-state index in [4.69, 9.17) is 18.6 Å². The van der Waals surface area contributed by atoms with Crippen LogP contribution in [0.3, 0.4) is 0 Å². The van der Waals surface area contributed by atoms with Crippen molar-refractivity contribution in [2.45, 2.75) is 36.7 Å². The number of methoxy groups -OCH3 is 1. The Morgan fingerprint density at radius 2 is 1.69 bits per heavy atom. The van der Waals surface area contributed by atoms with E-state index in [0.29, 0.717) is 46.5 Å². The molecule has 0 atom stereocenters. The fourth-order valence-corrected chi connectivity index (χ4v) is 3.56. The van der Waals surface area contributed by atoms with Crippen LogP contribution in [0.5, 0.6) is 23.0 Å². The molecule has 3 aromatic rings. The van der Waals surface area contributed by atoms with E-state index in [0.717, 1.165) is 17.7 Å². The maximum Gasteiger partial charge on any atom is 0.204 e. The van der Waals surface area contributed by atoms with Gasteiger partial charge in [-0.1, -0.05) is 25.6 Å². The number of phenols is 1. The second-order valence-electron chi connectivity index (χ2n) is 6.33. The number of rotatable bonds is 9. The highest BCUT2D eigenvalue weighted by Crippen LogP contribution is 2.43. The largest absolute Gasteiger partial charge is 0.508 e. The number of aromatic hydroxyl groups is 1. The zero-order valence-electron chi connectivity index (χ0n) is 16.7. The van der Waals surface area contributed by atoms with Crippen molar-refractivity contribution in [1.29, 1.82) is 0 Å². The topological polar surface area (TPSA) is 78.1 Å². The average Bonchev–Trinajstić information content (AvgIpc) is 2.71. The molecule has 0 unspecified atom stereocenters. The molecule has 0 saturated heterocycles. The van der Waals surface area contributed by atoms with E-state index < -0.39 is 0 Å².